The molecule has 2 aliphatic heterocycles. The van der Waals surface area contributed by atoms with Gasteiger partial charge in [0.15, 0.2) is 0 Å². The van der Waals surface area contributed by atoms with Crippen LogP contribution in [0.25, 0.3) is 0 Å². The van der Waals surface area contributed by atoms with Crippen LogP contribution in [-0.4, -0.2) is 28.9 Å². The molecule has 0 spiro atoms. The van der Waals surface area contributed by atoms with E-state index < -0.39 is 11.7 Å². The highest BCUT2D eigenvalue weighted by Gasteiger charge is 2.30. The topological polar surface area (TPSA) is 64.6 Å². The Morgan fingerprint density at radius 3 is 2.80 bits per heavy atom. The maximum atomic E-state index is 12.8. The number of nitrogens with one attached hydrogen (secondary N) is 3. The number of aromatic nitrogens is 1. The van der Waals surface area contributed by atoms with E-state index in [0.29, 0.717) is 18.1 Å². The van der Waals surface area contributed by atoms with Crippen molar-refractivity contribution in [3.63, 3.8) is 0 Å². The van der Waals surface area contributed by atoms with Gasteiger partial charge in [0.05, 0.1) is 11.3 Å². The highest BCUT2D eigenvalue weighted by molar-refractivity contribution is 6.00. The van der Waals surface area contributed by atoms with Crippen LogP contribution in [0.2, 0.25) is 0 Å². The summed E-state index contributed by atoms with van der Waals surface area (Å²) < 4.78 is 38.5. The number of alkyl halides is 3. The average molecular weight is 416 g/mol. The molecule has 1 fully saturated rings. The quantitative estimate of drug-likeness (QED) is 0.668. The van der Waals surface area contributed by atoms with E-state index in [9.17, 15) is 13.2 Å². The van der Waals surface area contributed by atoms with Crippen molar-refractivity contribution >= 4 is 11.7 Å². The Bertz CT molecular complexity index is 952. The molecule has 3 heterocycles. The summed E-state index contributed by atoms with van der Waals surface area (Å²) >= 11 is 0. The Labute approximate surface area is 172 Å². The Morgan fingerprint density at radius 1 is 1.20 bits per heavy atom. The molecular formula is C21H23F3N6. The minimum Gasteiger partial charge on any atom is -0.366 e. The number of rotatable bonds is 6. The SMILES string of the molecule is CCCN1C=C2NC(c3ccc(NCc4cccc(C(F)(F)F)c4)nc3)NC2=NC1. The Balaban J connectivity index is 1.37. The van der Waals surface area contributed by atoms with E-state index in [1.165, 1.54) is 6.07 Å². The van der Waals surface area contributed by atoms with E-state index in [-0.39, 0.29) is 12.7 Å². The largest absolute Gasteiger partial charge is 0.416 e. The molecule has 1 atom stereocenters. The van der Waals surface area contributed by atoms with Crippen molar-refractivity contribution in [3.05, 3.63) is 71.2 Å². The summed E-state index contributed by atoms with van der Waals surface area (Å²) in [6, 6.07) is 9.01. The normalized spacial score (nSPS) is 18.1. The first-order valence-electron chi connectivity index (χ1n) is 9.82. The lowest BCUT2D eigenvalue weighted by Gasteiger charge is -2.21. The molecule has 0 radical (unpaired) electrons. The van der Waals surface area contributed by atoms with Crippen LogP contribution < -0.4 is 16.0 Å². The van der Waals surface area contributed by atoms with E-state index in [4.69, 9.17) is 0 Å². The molecule has 0 aliphatic carbocycles. The lowest BCUT2D eigenvalue weighted by molar-refractivity contribution is -0.137. The van der Waals surface area contributed by atoms with Gasteiger partial charge in [-0.1, -0.05) is 19.1 Å². The van der Waals surface area contributed by atoms with Crippen molar-refractivity contribution in [3.8, 4) is 0 Å². The van der Waals surface area contributed by atoms with Gasteiger partial charge in [-0.2, -0.15) is 13.2 Å². The maximum absolute atomic E-state index is 12.8. The number of amidine groups is 1. The first-order valence-corrected chi connectivity index (χ1v) is 9.82. The van der Waals surface area contributed by atoms with Gasteiger partial charge >= 0.3 is 6.18 Å². The molecule has 6 nitrogen and oxygen atoms in total. The van der Waals surface area contributed by atoms with Crippen LogP contribution in [0, 0.1) is 0 Å². The zero-order chi connectivity index (χ0) is 21.1. The first-order chi connectivity index (χ1) is 14.4. The second kappa shape index (κ2) is 8.25. The van der Waals surface area contributed by atoms with Crippen LogP contribution >= 0.6 is 0 Å². The van der Waals surface area contributed by atoms with E-state index in [2.05, 4.69) is 44.0 Å². The van der Waals surface area contributed by atoms with Crippen LogP contribution in [0.1, 0.15) is 36.2 Å². The molecule has 0 saturated carbocycles. The Kier molecular flexibility index (Phi) is 5.52. The zero-order valence-corrected chi connectivity index (χ0v) is 16.5. The van der Waals surface area contributed by atoms with Crippen molar-refractivity contribution in [1.29, 1.82) is 0 Å². The molecule has 3 N–H and O–H groups in total. The molecule has 2 aromatic rings. The Hall–Kier alpha value is -3.23. The third-order valence-electron chi connectivity index (χ3n) is 4.92. The van der Waals surface area contributed by atoms with E-state index >= 15 is 0 Å². The van der Waals surface area contributed by atoms with Crippen LogP contribution in [-0.2, 0) is 12.7 Å². The van der Waals surface area contributed by atoms with Crippen LogP contribution in [0.5, 0.6) is 0 Å². The van der Waals surface area contributed by atoms with Gasteiger partial charge in [0.1, 0.15) is 24.5 Å². The highest BCUT2D eigenvalue weighted by atomic mass is 19.4. The fourth-order valence-electron chi connectivity index (χ4n) is 3.41. The van der Waals surface area contributed by atoms with Crippen LogP contribution in [0.4, 0.5) is 19.0 Å². The number of aliphatic imine (C=N–C) groups is 1. The molecule has 1 aromatic carbocycles. The highest BCUT2D eigenvalue weighted by Crippen LogP contribution is 2.29. The standard InChI is InChI=1S/C21H23F3N6/c1-2-8-30-12-17-20(27-13-30)29-19(28-17)15-6-7-18(26-11-15)25-10-14-4-3-5-16(9-14)21(22,23)24/h3-7,9,11-12,19,28H,2,8,10,13H2,1H3,(H,25,26)(H,27,29). The van der Waals surface area contributed by atoms with Gasteiger partial charge in [-0.25, -0.2) is 9.98 Å². The summed E-state index contributed by atoms with van der Waals surface area (Å²) in [5.41, 5.74) is 1.80. The minimum absolute atomic E-state index is 0.124. The number of pyridine rings is 1. The molecule has 0 bridgehead atoms. The molecule has 1 unspecified atom stereocenters. The number of anilines is 1. The summed E-state index contributed by atoms with van der Waals surface area (Å²) in [5, 5.41) is 9.82. The molecule has 2 aliphatic rings. The number of hydrogen-bond donors (Lipinski definition) is 3. The fraction of sp³-hybridized carbons (Fsp3) is 0.333. The molecular weight excluding hydrogens is 393 g/mol. The van der Waals surface area contributed by atoms with Crippen LogP contribution in [0.3, 0.4) is 0 Å². The van der Waals surface area contributed by atoms with Gasteiger partial charge in [-0.3, -0.25) is 0 Å². The molecule has 9 heteroatoms. The molecule has 0 amide bonds. The van der Waals surface area contributed by atoms with Crippen molar-refractivity contribution in [2.45, 2.75) is 32.2 Å². The van der Waals surface area contributed by atoms with Crippen molar-refractivity contribution in [2.75, 3.05) is 18.5 Å². The molecule has 1 aromatic heterocycles. The number of hydrogen-bond acceptors (Lipinski definition) is 6. The van der Waals surface area contributed by atoms with Gasteiger partial charge in [0.25, 0.3) is 0 Å². The van der Waals surface area contributed by atoms with Gasteiger partial charge in [0.2, 0.25) is 0 Å². The summed E-state index contributed by atoms with van der Waals surface area (Å²) in [7, 11) is 0. The van der Waals surface area contributed by atoms with Crippen molar-refractivity contribution in [2.24, 2.45) is 4.99 Å². The summed E-state index contributed by atoms with van der Waals surface area (Å²) in [6.07, 6.45) is 0.409. The molecule has 30 heavy (non-hydrogen) atoms. The number of benzene rings is 1. The fourth-order valence-corrected chi connectivity index (χ4v) is 3.41. The smallest absolute Gasteiger partial charge is 0.366 e. The molecule has 4 rings (SSSR count). The maximum Gasteiger partial charge on any atom is 0.416 e. The third-order valence-corrected chi connectivity index (χ3v) is 4.92. The molecule has 1 saturated heterocycles. The predicted octanol–water partition coefficient (Wildman–Crippen LogP) is 3.83. The number of halogens is 3. The van der Waals surface area contributed by atoms with E-state index in [1.54, 1.807) is 12.3 Å². The monoisotopic (exact) mass is 416 g/mol. The van der Waals surface area contributed by atoms with E-state index in [1.807, 2.05) is 12.1 Å². The summed E-state index contributed by atoms with van der Waals surface area (Å²) in [5.74, 6) is 1.44. The lowest BCUT2D eigenvalue weighted by atomic mass is 10.1. The second-order valence-electron chi connectivity index (χ2n) is 7.25. The lowest BCUT2D eigenvalue weighted by Crippen LogP contribution is -2.28. The number of nitrogens with zero attached hydrogens (tertiary/aromatic N) is 3. The number of fused-ring (bicyclic) bond motifs is 1. The van der Waals surface area contributed by atoms with Gasteiger partial charge < -0.3 is 20.9 Å². The summed E-state index contributed by atoms with van der Waals surface area (Å²) in [4.78, 5) is 11.1. The average Bonchev–Trinajstić information content (AvgIpc) is 3.16. The van der Waals surface area contributed by atoms with Gasteiger partial charge in [-0.15, -0.1) is 0 Å². The van der Waals surface area contributed by atoms with Gasteiger partial charge in [-0.05, 0) is 36.2 Å². The van der Waals surface area contributed by atoms with Crippen molar-refractivity contribution < 1.29 is 13.2 Å². The third kappa shape index (κ3) is 4.50. The minimum atomic E-state index is -4.35. The summed E-state index contributed by atoms with van der Waals surface area (Å²) in [6.45, 7) is 3.99. The Morgan fingerprint density at radius 2 is 2.07 bits per heavy atom. The van der Waals surface area contributed by atoms with E-state index in [0.717, 1.165) is 42.2 Å². The van der Waals surface area contributed by atoms with Crippen molar-refractivity contribution in [1.82, 2.24) is 20.5 Å². The first kappa shape index (κ1) is 20.1. The predicted molar refractivity (Wildman–Crippen MR) is 109 cm³/mol. The molecule has 158 valence electrons. The van der Waals surface area contributed by atoms with Gasteiger partial charge in [0, 0.05) is 31.0 Å². The second-order valence-corrected chi connectivity index (χ2v) is 7.25. The van der Waals surface area contributed by atoms with Crippen LogP contribution in [0.15, 0.2) is 59.5 Å². The zero-order valence-electron chi connectivity index (χ0n) is 16.5.